The van der Waals surface area contributed by atoms with Crippen molar-refractivity contribution in [1.82, 2.24) is 5.32 Å². The molecule has 0 aromatic rings. The fourth-order valence-electron chi connectivity index (χ4n) is 0.420. The highest BCUT2D eigenvalue weighted by atomic mass is 16.6. The number of carbonyl (C=O) groups excluding carboxylic acids is 1. The average Bonchev–Trinajstić information content (AvgIpc) is 1.97. The predicted molar refractivity (Wildman–Crippen MR) is 38.1 cm³/mol. The van der Waals surface area contributed by atoms with Crippen LogP contribution in [0.15, 0.2) is 0 Å². The topological polar surface area (TPSA) is 78.8 Å². The molecule has 0 heterocycles. The van der Waals surface area contributed by atoms with Gasteiger partial charge in [0.2, 0.25) is 0 Å². The Hall–Kier alpha value is -0.810. The Kier molecular flexibility index (Phi) is 5.50. The van der Waals surface area contributed by atoms with Gasteiger partial charge in [-0.05, 0) is 6.92 Å². The number of carbonyl (C=O) groups is 1. The van der Waals surface area contributed by atoms with E-state index in [1.165, 1.54) is 0 Å². The minimum Gasteiger partial charge on any atom is -0.447 e. The maximum Gasteiger partial charge on any atom is 0.407 e. The first-order valence-electron chi connectivity index (χ1n) is 3.36. The van der Waals surface area contributed by atoms with Crippen molar-refractivity contribution < 1.29 is 19.7 Å². The van der Waals surface area contributed by atoms with Crippen molar-refractivity contribution in [3.05, 3.63) is 0 Å². The van der Waals surface area contributed by atoms with Gasteiger partial charge >= 0.3 is 6.09 Å². The van der Waals surface area contributed by atoms with Crippen molar-refractivity contribution >= 4 is 6.09 Å². The minimum atomic E-state index is -0.625. The molecule has 0 fully saturated rings. The summed E-state index contributed by atoms with van der Waals surface area (Å²) in [7, 11) is 0. The first-order valence-corrected chi connectivity index (χ1v) is 3.36. The van der Waals surface area contributed by atoms with Gasteiger partial charge in [-0.3, -0.25) is 0 Å². The van der Waals surface area contributed by atoms with Crippen LogP contribution in [0, 0.1) is 0 Å². The van der Waals surface area contributed by atoms with Gasteiger partial charge in [0.1, 0.15) is 6.61 Å². The Morgan fingerprint density at radius 2 is 2.36 bits per heavy atom. The molecule has 0 radical (unpaired) electrons. The molecule has 0 rings (SSSR count). The molecule has 11 heavy (non-hydrogen) atoms. The van der Waals surface area contributed by atoms with E-state index >= 15 is 0 Å². The van der Waals surface area contributed by atoms with Crippen LogP contribution in [-0.4, -0.2) is 42.2 Å². The molecule has 5 heteroatoms. The van der Waals surface area contributed by atoms with Crippen molar-refractivity contribution in [2.75, 3.05) is 19.8 Å². The Labute approximate surface area is 65.0 Å². The van der Waals surface area contributed by atoms with Crippen LogP contribution < -0.4 is 5.32 Å². The molecule has 1 atom stereocenters. The molecule has 1 amide bonds. The summed E-state index contributed by atoms with van der Waals surface area (Å²) in [6, 6.07) is 0. The van der Waals surface area contributed by atoms with Crippen LogP contribution in [0.25, 0.3) is 0 Å². The summed E-state index contributed by atoms with van der Waals surface area (Å²) in [4.78, 5) is 10.6. The fourth-order valence-corrected chi connectivity index (χ4v) is 0.420. The number of amides is 1. The molecule has 0 aliphatic rings. The summed E-state index contributed by atoms with van der Waals surface area (Å²) in [5, 5.41) is 19.2. The molecule has 0 unspecified atom stereocenters. The smallest absolute Gasteiger partial charge is 0.407 e. The molecule has 0 saturated heterocycles. The van der Waals surface area contributed by atoms with Crippen LogP contribution in [0.1, 0.15) is 6.92 Å². The zero-order chi connectivity index (χ0) is 8.69. The lowest BCUT2D eigenvalue weighted by Crippen LogP contribution is -2.31. The number of ether oxygens (including phenoxy) is 1. The van der Waals surface area contributed by atoms with Crippen LogP contribution >= 0.6 is 0 Å². The van der Waals surface area contributed by atoms with E-state index in [9.17, 15) is 4.79 Å². The van der Waals surface area contributed by atoms with Gasteiger partial charge in [-0.2, -0.15) is 0 Å². The second kappa shape index (κ2) is 5.94. The zero-order valence-corrected chi connectivity index (χ0v) is 6.41. The molecular weight excluding hydrogens is 150 g/mol. The van der Waals surface area contributed by atoms with E-state index in [2.05, 4.69) is 10.1 Å². The highest BCUT2D eigenvalue weighted by molar-refractivity contribution is 5.67. The number of nitrogens with one attached hydrogen (secondary N) is 1. The number of hydrogen-bond acceptors (Lipinski definition) is 4. The summed E-state index contributed by atoms with van der Waals surface area (Å²) in [6.45, 7) is 1.49. The lowest BCUT2D eigenvalue weighted by atomic mass is 10.4. The SMILES string of the molecule is C[C@@H](O)CNC(=O)OCCO. The van der Waals surface area contributed by atoms with Gasteiger partial charge in [0.15, 0.2) is 0 Å². The molecule has 5 nitrogen and oxygen atoms in total. The average molecular weight is 163 g/mol. The molecule has 3 N–H and O–H groups in total. The second-order valence-corrected chi connectivity index (χ2v) is 2.09. The molecule has 0 aromatic carbocycles. The zero-order valence-electron chi connectivity index (χ0n) is 6.41. The van der Waals surface area contributed by atoms with Crippen LogP contribution in [0.4, 0.5) is 4.79 Å². The lowest BCUT2D eigenvalue weighted by Gasteiger charge is -2.06. The standard InChI is InChI=1S/C6H13NO4/c1-5(9)4-7-6(10)11-3-2-8/h5,8-9H,2-4H2,1H3,(H,7,10)/t5-/m1/s1. The van der Waals surface area contributed by atoms with Gasteiger partial charge in [-0.1, -0.05) is 0 Å². The quantitative estimate of drug-likeness (QED) is 0.501. The molecule has 0 spiro atoms. The largest absolute Gasteiger partial charge is 0.447 e. The van der Waals surface area contributed by atoms with Crippen LogP contribution in [-0.2, 0) is 4.74 Å². The molecule has 66 valence electrons. The van der Waals surface area contributed by atoms with Gasteiger partial charge < -0.3 is 20.3 Å². The molecule has 0 bridgehead atoms. The molecule has 0 aromatic heterocycles. The fraction of sp³-hybridized carbons (Fsp3) is 0.833. The Morgan fingerprint density at radius 3 is 2.82 bits per heavy atom. The molecular formula is C6H13NO4. The summed E-state index contributed by atoms with van der Waals surface area (Å²) >= 11 is 0. The third-order valence-corrected chi connectivity index (χ3v) is 0.866. The summed E-state index contributed by atoms with van der Waals surface area (Å²) in [5.41, 5.74) is 0. The predicted octanol–water partition coefficient (Wildman–Crippen LogP) is -0.914. The van der Waals surface area contributed by atoms with Gasteiger partial charge in [0.25, 0.3) is 0 Å². The summed E-state index contributed by atoms with van der Waals surface area (Å²) in [5.74, 6) is 0. The van der Waals surface area contributed by atoms with Gasteiger partial charge in [0.05, 0.1) is 12.7 Å². The first-order chi connectivity index (χ1) is 5.16. The number of rotatable bonds is 4. The third-order valence-electron chi connectivity index (χ3n) is 0.866. The van der Waals surface area contributed by atoms with E-state index in [0.717, 1.165) is 0 Å². The number of aliphatic hydroxyl groups excluding tert-OH is 2. The van der Waals surface area contributed by atoms with Gasteiger partial charge in [0, 0.05) is 6.54 Å². The van der Waals surface area contributed by atoms with E-state index < -0.39 is 12.2 Å². The van der Waals surface area contributed by atoms with Crippen LogP contribution in [0.5, 0.6) is 0 Å². The van der Waals surface area contributed by atoms with E-state index in [0.29, 0.717) is 0 Å². The van der Waals surface area contributed by atoms with Gasteiger partial charge in [-0.15, -0.1) is 0 Å². The highest BCUT2D eigenvalue weighted by Crippen LogP contribution is 1.79. The maximum absolute atomic E-state index is 10.6. The Bertz CT molecular complexity index is 115. The lowest BCUT2D eigenvalue weighted by molar-refractivity contribution is 0.113. The summed E-state index contributed by atoms with van der Waals surface area (Å²) < 4.78 is 4.43. The number of alkyl carbamates (subject to hydrolysis) is 1. The van der Waals surface area contributed by atoms with E-state index in [-0.39, 0.29) is 19.8 Å². The third kappa shape index (κ3) is 7.08. The van der Waals surface area contributed by atoms with E-state index in [4.69, 9.17) is 10.2 Å². The van der Waals surface area contributed by atoms with Crippen molar-refractivity contribution in [2.45, 2.75) is 13.0 Å². The van der Waals surface area contributed by atoms with Crippen LogP contribution in [0.3, 0.4) is 0 Å². The molecule has 0 aliphatic carbocycles. The number of aliphatic hydroxyl groups is 2. The Morgan fingerprint density at radius 1 is 1.73 bits per heavy atom. The molecule has 0 saturated carbocycles. The number of hydrogen-bond donors (Lipinski definition) is 3. The van der Waals surface area contributed by atoms with Crippen molar-refractivity contribution in [3.63, 3.8) is 0 Å². The highest BCUT2D eigenvalue weighted by Gasteiger charge is 2.01. The monoisotopic (exact) mass is 163 g/mol. The second-order valence-electron chi connectivity index (χ2n) is 2.09. The van der Waals surface area contributed by atoms with Gasteiger partial charge in [-0.25, -0.2) is 4.79 Å². The first kappa shape index (κ1) is 10.2. The summed E-state index contributed by atoms with van der Waals surface area (Å²) in [6.07, 6.45) is -1.21. The minimum absolute atomic E-state index is 0.0222. The normalized spacial score (nSPS) is 12.3. The Balaban J connectivity index is 3.23. The van der Waals surface area contributed by atoms with E-state index in [1.807, 2.05) is 0 Å². The van der Waals surface area contributed by atoms with Crippen molar-refractivity contribution in [3.8, 4) is 0 Å². The van der Waals surface area contributed by atoms with Crippen molar-refractivity contribution in [1.29, 1.82) is 0 Å². The van der Waals surface area contributed by atoms with Crippen LogP contribution in [0.2, 0.25) is 0 Å². The van der Waals surface area contributed by atoms with E-state index in [1.54, 1.807) is 6.92 Å². The maximum atomic E-state index is 10.6. The van der Waals surface area contributed by atoms with Crippen molar-refractivity contribution in [2.24, 2.45) is 0 Å². The molecule has 0 aliphatic heterocycles.